The molecule has 0 radical (unpaired) electrons. The van der Waals surface area contributed by atoms with Crippen LogP contribution in [0.4, 0.5) is 5.69 Å². The quantitative estimate of drug-likeness (QED) is 0.271. The predicted molar refractivity (Wildman–Crippen MR) is 158 cm³/mol. The molecule has 0 fully saturated rings. The van der Waals surface area contributed by atoms with Gasteiger partial charge in [0.05, 0.1) is 0 Å². The summed E-state index contributed by atoms with van der Waals surface area (Å²) in [6.45, 7) is 6.52. The molecule has 6 rings (SSSR count). The first-order valence-corrected chi connectivity index (χ1v) is 14.2. The Morgan fingerprint density at radius 3 is 1.82 bits per heavy atom. The second-order valence-electron chi connectivity index (χ2n) is 8.79. The zero-order chi connectivity index (χ0) is 25.9. The van der Waals surface area contributed by atoms with E-state index in [1.54, 1.807) is 0 Å². The summed E-state index contributed by atoms with van der Waals surface area (Å²) in [6, 6.07) is 38.8. The first kappa shape index (κ1) is 32.6. The van der Waals surface area contributed by atoms with Crippen LogP contribution in [0.5, 0.6) is 0 Å². The van der Waals surface area contributed by atoms with Crippen molar-refractivity contribution >= 4 is 30.4 Å². The first-order valence-electron chi connectivity index (χ1n) is 13.0. The molecule has 1 aliphatic carbocycles. The Morgan fingerprint density at radius 2 is 1.31 bits per heavy atom. The number of hydrogen-bond acceptors (Lipinski definition) is 1. The normalized spacial score (nSPS) is 11.0. The monoisotopic (exact) mass is 627 g/mol. The molecular formula is C35H33Cl2NZr-2. The molecule has 198 valence electrons. The third-order valence-corrected chi connectivity index (χ3v) is 7.86. The maximum absolute atomic E-state index is 2.99. The fourth-order valence-electron chi connectivity index (χ4n) is 4.45. The molecule has 0 aromatic heterocycles. The summed E-state index contributed by atoms with van der Waals surface area (Å²) in [7, 11) is 0. The number of hydrogen-bond donors (Lipinski definition) is 0. The van der Waals surface area contributed by atoms with Gasteiger partial charge in [0.1, 0.15) is 0 Å². The van der Waals surface area contributed by atoms with Crippen molar-refractivity contribution in [3.05, 3.63) is 145 Å². The molecule has 0 heterocycles. The standard InChI is InChI=1S/C17H18N.C13H10.C5H5.2ClH.Zr/c1-3-18(4-2)15-9-10-17-14(12-15)11-13-7-5-6-8-16(13)17;1-3-7-12(8-4-1)11-13-9-5-2-6-10-13;1-2-4-5-3-1;;;/h5-12H,3-4H2,1-2H3;1-10H;1-3H,4H2;2*1H;/q-1;;-1;;;+2/p-2. The van der Waals surface area contributed by atoms with Crippen molar-refractivity contribution in [2.75, 3.05) is 18.0 Å². The Hall–Kier alpha value is -2.64. The van der Waals surface area contributed by atoms with Crippen molar-refractivity contribution in [2.45, 2.75) is 20.3 Å². The third-order valence-electron chi connectivity index (χ3n) is 6.44. The fourth-order valence-corrected chi connectivity index (χ4v) is 5.27. The molecule has 0 saturated carbocycles. The van der Waals surface area contributed by atoms with Gasteiger partial charge < -0.3 is 29.7 Å². The third kappa shape index (κ3) is 8.94. The van der Waals surface area contributed by atoms with Gasteiger partial charge in [-0.15, -0.1) is 40.1 Å². The number of benzene rings is 4. The molecule has 0 saturated heterocycles. The second kappa shape index (κ2) is 17.1. The maximum atomic E-state index is 2.99. The molecule has 5 aromatic carbocycles. The van der Waals surface area contributed by atoms with Crippen LogP contribution in [-0.4, -0.2) is 16.3 Å². The summed E-state index contributed by atoms with van der Waals surface area (Å²) in [4.78, 5) is 2.39. The predicted octanol–water partition coefficient (Wildman–Crippen LogP) is 2.67. The Kier molecular flexibility index (Phi) is 14.3. The molecule has 0 aliphatic heterocycles. The van der Waals surface area contributed by atoms with Gasteiger partial charge in [-0.2, -0.15) is 6.08 Å². The number of allylic oxidation sites excluding steroid dienone is 4. The van der Waals surface area contributed by atoms with Crippen molar-refractivity contribution in [2.24, 2.45) is 0 Å². The van der Waals surface area contributed by atoms with Gasteiger partial charge in [-0.1, -0.05) is 36.4 Å². The molecule has 1 nitrogen and oxygen atoms in total. The van der Waals surface area contributed by atoms with Crippen LogP contribution in [0, 0.1) is 6.08 Å². The van der Waals surface area contributed by atoms with Gasteiger partial charge >= 0.3 is 99.2 Å². The topological polar surface area (TPSA) is 3.24 Å². The summed E-state index contributed by atoms with van der Waals surface area (Å²) in [5, 5.41) is 5.41. The van der Waals surface area contributed by atoms with Crippen LogP contribution in [0.3, 0.4) is 0 Å². The van der Waals surface area contributed by atoms with E-state index in [1.165, 1.54) is 65.8 Å². The molecule has 0 unspecified atom stereocenters. The zero-order valence-corrected chi connectivity index (χ0v) is 26.4. The van der Waals surface area contributed by atoms with Crippen LogP contribution in [0.15, 0.2) is 127 Å². The number of halogens is 2. The van der Waals surface area contributed by atoms with E-state index in [9.17, 15) is 0 Å². The van der Waals surface area contributed by atoms with E-state index in [4.69, 9.17) is 0 Å². The van der Waals surface area contributed by atoms with Crippen molar-refractivity contribution in [3.63, 3.8) is 0 Å². The van der Waals surface area contributed by atoms with Crippen LogP contribution in [-0.2, 0) is 24.2 Å². The van der Waals surface area contributed by atoms with Crippen LogP contribution in [0.2, 0.25) is 0 Å². The molecule has 39 heavy (non-hydrogen) atoms. The van der Waals surface area contributed by atoms with E-state index in [2.05, 4.69) is 140 Å². The van der Waals surface area contributed by atoms with Crippen molar-refractivity contribution in [3.8, 4) is 0 Å². The summed E-state index contributed by atoms with van der Waals surface area (Å²) in [5.41, 5.74) is 3.98. The average molecular weight is 630 g/mol. The number of nitrogens with zero attached hydrogens (tertiary/aromatic N) is 1. The minimum absolute atomic E-state index is 0. The molecule has 1 aliphatic rings. The van der Waals surface area contributed by atoms with Gasteiger partial charge in [-0.3, -0.25) is 6.08 Å². The van der Waals surface area contributed by atoms with Gasteiger partial charge in [0.2, 0.25) is 0 Å². The number of rotatable bonds is 5. The van der Waals surface area contributed by atoms with Crippen molar-refractivity contribution in [1.29, 1.82) is 0 Å². The van der Waals surface area contributed by atoms with E-state index >= 15 is 0 Å². The van der Waals surface area contributed by atoms with Crippen molar-refractivity contribution < 1.29 is 49.0 Å². The van der Waals surface area contributed by atoms with E-state index in [1.807, 2.05) is 12.2 Å². The second-order valence-corrected chi connectivity index (χ2v) is 10.0. The Balaban J connectivity index is 0.000000227. The van der Waals surface area contributed by atoms with Gasteiger partial charge in [0.25, 0.3) is 0 Å². The molecule has 5 aromatic rings. The van der Waals surface area contributed by atoms with E-state index < -0.39 is 0 Å². The molecular weight excluding hydrogens is 597 g/mol. The van der Waals surface area contributed by atoms with E-state index in [0.717, 1.165) is 19.5 Å². The molecule has 0 spiro atoms. The van der Waals surface area contributed by atoms with Crippen LogP contribution in [0.1, 0.15) is 31.4 Å². The first-order chi connectivity index (χ1) is 18.2. The van der Waals surface area contributed by atoms with Crippen LogP contribution in [0.25, 0.3) is 21.5 Å². The SMILES string of the molecule is CCN(CC)c1ccc2c(c1)[cH-]c1ccccc12.[C-]1=CC=CC1.[Cl-].[Cl-].[Zr+2]=[C](c1ccccc1)c1ccccc1. The molecule has 4 heteroatoms. The summed E-state index contributed by atoms with van der Waals surface area (Å²) in [5.74, 6) is 0. The van der Waals surface area contributed by atoms with Gasteiger partial charge in [-0.25, -0.2) is 12.2 Å². The average Bonchev–Trinajstić information content (AvgIpc) is 3.67. The van der Waals surface area contributed by atoms with Crippen molar-refractivity contribution in [1.82, 2.24) is 0 Å². The summed E-state index contributed by atoms with van der Waals surface area (Å²) < 4.78 is 1.42. The Labute approximate surface area is 260 Å². The van der Waals surface area contributed by atoms with Gasteiger partial charge in [0.15, 0.2) is 0 Å². The van der Waals surface area contributed by atoms with Gasteiger partial charge in [0, 0.05) is 18.8 Å². The summed E-state index contributed by atoms with van der Waals surface area (Å²) in [6.07, 6.45) is 10.0. The molecule has 0 N–H and O–H groups in total. The minimum atomic E-state index is 0. The summed E-state index contributed by atoms with van der Waals surface area (Å²) >= 11 is 1.46. The number of fused-ring (bicyclic) bond motifs is 3. The Morgan fingerprint density at radius 1 is 0.744 bits per heavy atom. The van der Waals surface area contributed by atoms with Crippen LogP contribution >= 0.6 is 0 Å². The zero-order valence-electron chi connectivity index (χ0n) is 22.4. The Bertz CT molecular complexity index is 1430. The molecule has 0 amide bonds. The molecule has 0 atom stereocenters. The van der Waals surface area contributed by atoms with E-state index in [0.29, 0.717) is 0 Å². The van der Waals surface area contributed by atoms with Crippen LogP contribution < -0.4 is 29.7 Å². The van der Waals surface area contributed by atoms with E-state index in [-0.39, 0.29) is 24.8 Å². The number of anilines is 1. The molecule has 0 bridgehead atoms. The fraction of sp³-hybridized carbons (Fsp3) is 0.143. The van der Waals surface area contributed by atoms with Gasteiger partial charge in [-0.05, 0) is 13.8 Å².